The van der Waals surface area contributed by atoms with Gasteiger partial charge in [-0.3, -0.25) is 9.69 Å². The fourth-order valence-corrected chi connectivity index (χ4v) is 3.78. The third-order valence-corrected chi connectivity index (χ3v) is 5.54. The molecule has 0 spiro atoms. The van der Waals surface area contributed by atoms with Gasteiger partial charge in [0, 0.05) is 51.2 Å². The number of hydrogen-bond donors (Lipinski definition) is 0. The Kier molecular flexibility index (Phi) is 6.45. The fraction of sp³-hybridized carbons (Fsp3) is 0.455. The minimum atomic E-state index is -0.0428. The van der Waals surface area contributed by atoms with Crippen LogP contribution in [0.4, 0.5) is 11.5 Å². The third kappa shape index (κ3) is 4.48. The van der Waals surface area contributed by atoms with E-state index in [9.17, 15) is 4.79 Å². The molecular formula is C22H30N4O. The van der Waals surface area contributed by atoms with E-state index in [1.807, 2.05) is 42.5 Å². The molecule has 144 valence electrons. The Morgan fingerprint density at radius 1 is 1.04 bits per heavy atom. The summed E-state index contributed by atoms with van der Waals surface area (Å²) in [4.78, 5) is 23.8. The van der Waals surface area contributed by atoms with Crippen LogP contribution >= 0.6 is 0 Å². The van der Waals surface area contributed by atoms with Gasteiger partial charge in [0.2, 0.25) is 0 Å². The molecule has 1 aromatic heterocycles. The quantitative estimate of drug-likeness (QED) is 0.782. The molecule has 5 heteroatoms. The van der Waals surface area contributed by atoms with Gasteiger partial charge in [-0.1, -0.05) is 32.0 Å². The maximum Gasteiger partial charge on any atom is 0.259 e. The van der Waals surface area contributed by atoms with Crippen LogP contribution in [0.15, 0.2) is 48.7 Å². The molecular weight excluding hydrogens is 336 g/mol. The van der Waals surface area contributed by atoms with Crippen LogP contribution in [-0.2, 0) is 0 Å². The molecule has 0 aliphatic carbocycles. The molecule has 2 aromatic rings. The van der Waals surface area contributed by atoms with Gasteiger partial charge in [-0.2, -0.15) is 0 Å². The predicted octanol–water partition coefficient (Wildman–Crippen LogP) is 3.67. The minimum Gasteiger partial charge on any atom is -0.354 e. The molecule has 0 N–H and O–H groups in total. The second-order valence-corrected chi connectivity index (χ2v) is 7.10. The first-order valence-electron chi connectivity index (χ1n) is 9.92. The summed E-state index contributed by atoms with van der Waals surface area (Å²) >= 11 is 0. The maximum atomic E-state index is 12.7. The Morgan fingerprint density at radius 3 is 2.26 bits per heavy atom. The van der Waals surface area contributed by atoms with E-state index in [0.29, 0.717) is 11.6 Å². The Morgan fingerprint density at radius 2 is 1.70 bits per heavy atom. The van der Waals surface area contributed by atoms with Crippen molar-refractivity contribution in [3.05, 3.63) is 54.2 Å². The Labute approximate surface area is 162 Å². The van der Waals surface area contributed by atoms with E-state index in [2.05, 4.69) is 28.6 Å². The summed E-state index contributed by atoms with van der Waals surface area (Å²) in [5.74, 6) is 0.914. The molecule has 0 atom stereocenters. The summed E-state index contributed by atoms with van der Waals surface area (Å²) in [6.45, 7) is 8.66. The number of carbonyl (C=O) groups excluding carboxylic acids is 1. The van der Waals surface area contributed by atoms with Gasteiger partial charge in [-0.05, 0) is 37.1 Å². The van der Waals surface area contributed by atoms with E-state index in [-0.39, 0.29) is 5.91 Å². The number of anilines is 2. The molecule has 1 aliphatic heterocycles. The molecule has 2 heterocycles. The molecule has 1 saturated heterocycles. The lowest BCUT2D eigenvalue weighted by molar-refractivity contribution is 0.0992. The number of piperazine rings is 1. The van der Waals surface area contributed by atoms with Crippen molar-refractivity contribution >= 4 is 17.4 Å². The van der Waals surface area contributed by atoms with E-state index in [1.165, 1.54) is 12.8 Å². The van der Waals surface area contributed by atoms with Crippen LogP contribution in [0.25, 0.3) is 0 Å². The summed E-state index contributed by atoms with van der Waals surface area (Å²) in [6.07, 6.45) is 4.12. The van der Waals surface area contributed by atoms with Crippen molar-refractivity contribution in [1.29, 1.82) is 0 Å². The molecule has 3 rings (SSSR count). The van der Waals surface area contributed by atoms with Crippen molar-refractivity contribution in [1.82, 2.24) is 9.88 Å². The number of carbonyl (C=O) groups is 1. The van der Waals surface area contributed by atoms with Gasteiger partial charge in [0.05, 0.1) is 5.56 Å². The molecule has 1 aliphatic rings. The average molecular weight is 367 g/mol. The van der Waals surface area contributed by atoms with Crippen LogP contribution in [0.2, 0.25) is 0 Å². The van der Waals surface area contributed by atoms with Crippen LogP contribution in [-0.4, -0.2) is 55.1 Å². The number of nitrogens with zero attached hydrogens (tertiary/aromatic N) is 4. The number of aromatic nitrogens is 1. The topological polar surface area (TPSA) is 39.7 Å². The molecule has 0 saturated carbocycles. The Hall–Kier alpha value is -2.40. The highest BCUT2D eigenvalue weighted by molar-refractivity contribution is 6.05. The molecule has 1 amide bonds. The summed E-state index contributed by atoms with van der Waals surface area (Å²) in [7, 11) is 1.79. The fourth-order valence-electron chi connectivity index (χ4n) is 3.78. The summed E-state index contributed by atoms with van der Waals surface area (Å²) < 4.78 is 0. The highest BCUT2D eigenvalue weighted by Crippen LogP contribution is 2.19. The number of amides is 1. The van der Waals surface area contributed by atoms with Crippen molar-refractivity contribution < 1.29 is 4.79 Å². The molecule has 27 heavy (non-hydrogen) atoms. The number of pyridine rings is 1. The number of para-hydroxylation sites is 1. The van der Waals surface area contributed by atoms with E-state index in [0.717, 1.165) is 37.7 Å². The first kappa shape index (κ1) is 19.4. The highest BCUT2D eigenvalue weighted by Gasteiger charge is 2.22. The zero-order valence-electron chi connectivity index (χ0n) is 16.6. The van der Waals surface area contributed by atoms with Crippen molar-refractivity contribution in [2.45, 2.75) is 32.7 Å². The average Bonchev–Trinajstić information content (AvgIpc) is 2.75. The highest BCUT2D eigenvalue weighted by atomic mass is 16.2. The van der Waals surface area contributed by atoms with Gasteiger partial charge in [-0.15, -0.1) is 0 Å². The Balaban J connectivity index is 1.62. The van der Waals surface area contributed by atoms with Gasteiger partial charge in [0.1, 0.15) is 5.82 Å². The van der Waals surface area contributed by atoms with Crippen molar-refractivity contribution in [2.75, 3.05) is 43.0 Å². The zero-order valence-corrected chi connectivity index (χ0v) is 16.6. The van der Waals surface area contributed by atoms with Gasteiger partial charge in [0.25, 0.3) is 5.91 Å². The molecule has 0 radical (unpaired) electrons. The van der Waals surface area contributed by atoms with Gasteiger partial charge in [-0.25, -0.2) is 4.98 Å². The van der Waals surface area contributed by atoms with Crippen molar-refractivity contribution in [3.63, 3.8) is 0 Å². The summed E-state index contributed by atoms with van der Waals surface area (Å²) in [5.41, 5.74) is 1.49. The largest absolute Gasteiger partial charge is 0.354 e. The van der Waals surface area contributed by atoms with Gasteiger partial charge >= 0.3 is 0 Å². The minimum absolute atomic E-state index is 0.0428. The molecule has 0 unspecified atom stereocenters. The lowest BCUT2D eigenvalue weighted by atomic mass is 10.1. The number of hydrogen-bond acceptors (Lipinski definition) is 4. The summed E-state index contributed by atoms with van der Waals surface area (Å²) in [6, 6.07) is 14.2. The second kappa shape index (κ2) is 9.00. The summed E-state index contributed by atoms with van der Waals surface area (Å²) in [5, 5.41) is 0. The van der Waals surface area contributed by atoms with Crippen LogP contribution in [0.1, 0.15) is 37.0 Å². The number of benzene rings is 1. The van der Waals surface area contributed by atoms with Gasteiger partial charge < -0.3 is 9.80 Å². The Bertz CT molecular complexity index is 720. The predicted molar refractivity (Wildman–Crippen MR) is 112 cm³/mol. The molecule has 1 aromatic carbocycles. The van der Waals surface area contributed by atoms with Crippen molar-refractivity contribution in [3.8, 4) is 0 Å². The van der Waals surface area contributed by atoms with Gasteiger partial charge in [0.15, 0.2) is 0 Å². The van der Waals surface area contributed by atoms with Crippen molar-refractivity contribution in [2.24, 2.45) is 0 Å². The van der Waals surface area contributed by atoms with E-state index in [1.54, 1.807) is 18.1 Å². The van der Waals surface area contributed by atoms with E-state index in [4.69, 9.17) is 0 Å². The SMILES string of the molecule is CCC(CC)N1CCN(c2ccc(C(=O)N(C)c3ccccc3)cn2)CC1. The first-order chi connectivity index (χ1) is 13.1. The second-order valence-electron chi connectivity index (χ2n) is 7.10. The van der Waals surface area contributed by atoms with Crippen LogP contribution in [0.5, 0.6) is 0 Å². The van der Waals surface area contributed by atoms with E-state index >= 15 is 0 Å². The lowest BCUT2D eigenvalue weighted by Gasteiger charge is -2.39. The lowest BCUT2D eigenvalue weighted by Crippen LogP contribution is -2.50. The number of rotatable bonds is 6. The van der Waals surface area contributed by atoms with Crippen LogP contribution in [0.3, 0.4) is 0 Å². The van der Waals surface area contributed by atoms with E-state index < -0.39 is 0 Å². The maximum absolute atomic E-state index is 12.7. The monoisotopic (exact) mass is 366 g/mol. The smallest absolute Gasteiger partial charge is 0.259 e. The standard InChI is InChI=1S/C22H30N4O/c1-4-19(5-2)25-13-15-26(16-14-25)21-12-11-18(17-23-21)22(27)24(3)20-9-7-6-8-10-20/h6-12,17,19H,4-5,13-16H2,1-3H3. The normalized spacial score (nSPS) is 15.2. The van der Waals surface area contributed by atoms with Crippen LogP contribution < -0.4 is 9.80 Å². The molecule has 5 nitrogen and oxygen atoms in total. The zero-order chi connectivity index (χ0) is 19.2. The third-order valence-electron chi connectivity index (χ3n) is 5.54. The first-order valence-corrected chi connectivity index (χ1v) is 9.92. The molecule has 1 fully saturated rings. The van der Waals surface area contributed by atoms with Crippen LogP contribution in [0, 0.1) is 0 Å². The molecule has 0 bridgehead atoms.